The molecule has 2 rings (SSSR count). The van der Waals surface area contributed by atoms with Crippen molar-refractivity contribution in [1.29, 1.82) is 0 Å². The molecule has 0 amide bonds. The van der Waals surface area contributed by atoms with Crippen LogP contribution >= 0.6 is 0 Å². The molecule has 75 valence electrons. The Labute approximate surface area is 88.1 Å². The third-order valence-corrected chi connectivity index (χ3v) is 1.98. The molecule has 1 radical (unpaired) electrons. The van der Waals surface area contributed by atoms with Gasteiger partial charge in [0.15, 0.2) is 0 Å². The molecule has 2 aromatic carbocycles. The zero-order valence-corrected chi connectivity index (χ0v) is 8.11. The number of ether oxygens (including phenoxy) is 1. The summed E-state index contributed by atoms with van der Waals surface area (Å²) in [5, 5.41) is 0. The van der Waals surface area contributed by atoms with Gasteiger partial charge in [-0.3, -0.25) is 0 Å². The second-order valence-corrected chi connectivity index (χ2v) is 3.15. The van der Waals surface area contributed by atoms with E-state index in [2.05, 4.69) is 6.07 Å². The van der Waals surface area contributed by atoms with Crippen molar-refractivity contribution in [2.75, 3.05) is 0 Å². The SMILES string of the molecule is Fc1c[c]c(OCc2ccccc2)cc1. The van der Waals surface area contributed by atoms with Gasteiger partial charge in [-0.15, -0.1) is 0 Å². The second kappa shape index (κ2) is 4.60. The minimum Gasteiger partial charge on any atom is -0.488 e. The average Bonchev–Trinajstić information content (AvgIpc) is 2.30. The van der Waals surface area contributed by atoms with Gasteiger partial charge < -0.3 is 4.74 Å². The minimum absolute atomic E-state index is 0.304. The maximum absolute atomic E-state index is 12.6. The van der Waals surface area contributed by atoms with Crippen molar-refractivity contribution in [3.05, 3.63) is 66.0 Å². The molecule has 0 aromatic heterocycles. The smallest absolute Gasteiger partial charge is 0.127 e. The summed E-state index contributed by atoms with van der Waals surface area (Å²) in [5.41, 5.74) is 1.08. The van der Waals surface area contributed by atoms with E-state index in [0.717, 1.165) is 5.56 Å². The summed E-state index contributed by atoms with van der Waals surface area (Å²) in [6.07, 6.45) is 0. The van der Waals surface area contributed by atoms with Crippen LogP contribution in [0.4, 0.5) is 4.39 Å². The third-order valence-electron chi connectivity index (χ3n) is 1.98. The van der Waals surface area contributed by atoms with Gasteiger partial charge >= 0.3 is 0 Å². The first kappa shape index (κ1) is 9.71. The van der Waals surface area contributed by atoms with Gasteiger partial charge in [0.05, 0.1) is 0 Å². The van der Waals surface area contributed by atoms with Crippen LogP contribution in [0.3, 0.4) is 0 Å². The molecule has 0 aliphatic heterocycles. The van der Waals surface area contributed by atoms with Crippen LogP contribution < -0.4 is 4.74 Å². The van der Waals surface area contributed by atoms with Crippen molar-refractivity contribution >= 4 is 0 Å². The standard InChI is InChI=1S/C13H10FO/c14-12-6-8-13(9-7-12)15-10-11-4-2-1-3-5-11/h1-8H,10H2. The van der Waals surface area contributed by atoms with Crippen LogP contribution in [0, 0.1) is 11.9 Å². The molecule has 2 heteroatoms. The molecule has 0 heterocycles. The lowest BCUT2D eigenvalue weighted by Crippen LogP contribution is -1.94. The highest BCUT2D eigenvalue weighted by atomic mass is 19.1. The van der Waals surface area contributed by atoms with E-state index in [-0.39, 0.29) is 5.82 Å². The Bertz CT molecular complexity index is 408. The fraction of sp³-hybridized carbons (Fsp3) is 0.0769. The van der Waals surface area contributed by atoms with Crippen LogP contribution in [0.2, 0.25) is 0 Å². The van der Waals surface area contributed by atoms with E-state index >= 15 is 0 Å². The van der Waals surface area contributed by atoms with Gasteiger partial charge in [-0.05, 0) is 23.8 Å². The number of benzene rings is 2. The molecule has 0 saturated carbocycles. The normalized spacial score (nSPS) is 9.93. The summed E-state index contributed by atoms with van der Waals surface area (Å²) in [6.45, 7) is 0.475. The Kier molecular flexibility index (Phi) is 2.98. The Morgan fingerprint density at radius 1 is 1.07 bits per heavy atom. The monoisotopic (exact) mass is 201 g/mol. The predicted molar refractivity (Wildman–Crippen MR) is 56.0 cm³/mol. The van der Waals surface area contributed by atoms with Gasteiger partial charge in [0.25, 0.3) is 0 Å². The van der Waals surface area contributed by atoms with E-state index in [1.54, 1.807) is 6.07 Å². The first-order chi connectivity index (χ1) is 7.34. The van der Waals surface area contributed by atoms with Gasteiger partial charge in [-0.25, -0.2) is 4.39 Å². The number of hydrogen-bond acceptors (Lipinski definition) is 1. The molecule has 0 N–H and O–H groups in total. The zero-order valence-electron chi connectivity index (χ0n) is 8.11. The van der Waals surface area contributed by atoms with Crippen molar-refractivity contribution < 1.29 is 9.13 Å². The molecule has 0 aliphatic rings. The van der Waals surface area contributed by atoms with Crippen LogP contribution in [0.5, 0.6) is 5.75 Å². The summed E-state index contributed by atoms with van der Waals surface area (Å²) in [6, 6.07) is 16.7. The number of hydrogen-bond donors (Lipinski definition) is 0. The maximum Gasteiger partial charge on any atom is 0.127 e. The van der Waals surface area contributed by atoms with E-state index in [4.69, 9.17) is 4.74 Å². The van der Waals surface area contributed by atoms with Gasteiger partial charge in [0.1, 0.15) is 18.2 Å². The molecule has 0 atom stereocenters. The van der Waals surface area contributed by atoms with Crippen molar-refractivity contribution in [3.63, 3.8) is 0 Å². The minimum atomic E-state index is -0.304. The number of rotatable bonds is 3. The van der Waals surface area contributed by atoms with Crippen LogP contribution in [-0.4, -0.2) is 0 Å². The molecule has 1 nitrogen and oxygen atoms in total. The average molecular weight is 201 g/mol. The van der Waals surface area contributed by atoms with E-state index in [1.807, 2.05) is 30.3 Å². The quantitative estimate of drug-likeness (QED) is 0.741. The molecule has 0 unspecified atom stereocenters. The zero-order chi connectivity index (χ0) is 10.5. The molecule has 0 aliphatic carbocycles. The lowest BCUT2D eigenvalue weighted by molar-refractivity contribution is 0.305. The highest BCUT2D eigenvalue weighted by Gasteiger charge is 1.95. The molecular weight excluding hydrogens is 191 g/mol. The summed E-state index contributed by atoms with van der Waals surface area (Å²) >= 11 is 0. The Morgan fingerprint density at radius 2 is 1.87 bits per heavy atom. The Balaban J connectivity index is 1.96. The van der Waals surface area contributed by atoms with Gasteiger partial charge in [0.2, 0.25) is 0 Å². The topological polar surface area (TPSA) is 9.23 Å². The third kappa shape index (κ3) is 2.81. The van der Waals surface area contributed by atoms with Gasteiger partial charge in [-0.2, -0.15) is 0 Å². The summed E-state index contributed by atoms with van der Waals surface area (Å²) in [7, 11) is 0. The van der Waals surface area contributed by atoms with Crippen molar-refractivity contribution in [2.24, 2.45) is 0 Å². The largest absolute Gasteiger partial charge is 0.488 e. The predicted octanol–water partition coefficient (Wildman–Crippen LogP) is 3.20. The molecule has 15 heavy (non-hydrogen) atoms. The molecule has 0 saturated heterocycles. The molecule has 2 aromatic rings. The molecule has 0 spiro atoms. The van der Waals surface area contributed by atoms with E-state index in [9.17, 15) is 4.39 Å². The van der Waals surface area contributed by atoms with Crippen molar-refractivity contribution in [3.8, 4) is 5.75 Å². The van der Waals surface area contributed by atoms with Crippen LogP contribution in [-0.2, 0) is 6.61 Å². The lowest BCUT2D eigenvalue weighted by Gasteiger charge is -2.05. The lowest BCUT2D eigenvalue weighted by atomic mass is 10.2. The summed E-state index contributed by atoms with van der Waals surface area (Å²) in [4.78, 5) is 0. The number of halogens is 1. The van der Waals surface area contributed by atoms with Crippen LogP contribution in [0.25, 0.3) is 0 Å². The van der Waals surface area contributed by atoms with Crippen LogP contribution in [0.1, 0.15) is 5.56 Å². The van der Waals surface area contributed by atoms with Crippen molar-refractivity contribution in [1.82, 2.24) is 0 Å². The van der Waals surface area contributed by atoms with E-state index < -0.39 is 0 Å². The molecule has 0 fully saturated rings. The first-order valence-corrected chi connectivity index (χ1v) is 4.68. The van der Waals surface area contributed by atoms with Crippen LogP contribution in [0.15, 0.2) is 48.5 Å². The summed E-state index contributed by atoms with van der Waals surface area (Å²) < 4.78 is 18.0. The fourth-order valence-corrected chi connectivity index (χ4v) is 1.22. The second-order valence-electron chi connectivity index (χ2n) is 3.15. The van der Waals surface area contributed by atoms with Crippen molar-refractivity contribution in [2.45, 2.75) is 6.61 Å². The summed E-state index contributed by atoms with van der Waals surface area (Å²) in [5.74, 6) is 0.252. The van der Waals surface area contributed by atoms with E-state index in [1.165, 1.54) is 12.1 Å². The Morgan fingerprint density at radius 3 is 2.53 bits per heavy atom. The highest BCUT2D eigenvalue weighted by molar-refractivity contribution is 5.21. The highest BCUT2D eigenvalue weighted by Crippen LogP contribution is 2.12. The molecular formula is C13H10FO. The first-order valence-electron chi connectivity index (χ1n) is 4.68. The maximum atomic E-state index is 12.6. The fourth-order valence-electron chi connectivity index (χ4n) is 1.22. The van der Waals surface area contributed by atoms with Gasteiger partial charge in [0, 0.05) is 6.07 Å². The van der Waals surface area contributed by atoms with Gasteiger partial charge in [-0.1, -0.05) is 30.3 Å². The van der Waals surface area contributed by atoms with E-state index in [0.29, 0.717) is 12.4 Å². The molecule has 0 bridgehead atoms. The Hall–Kier alpha value is -1.83.